The van der Waals surface area contributed by atoms with Crippen molar-refractivity contribution in [3.8, 4) is 5.82 Å². The molecule has 2 aromatic heterocycles. The van der Waals surface area contributed by atoms with Gasteiger partial charge in [-0.15, -0.1) is 0 Å². The number of anilines is 1. The number of hydrogen-bond acceptors (Lipinski definition) is 5. The second-order valence-electron chi connectivity index (χ2n) is 3.72. The maximum Gasteiger partial charge on any atom is 0.343 e. The number of rotatable bonds is 3. The van der Waals surface area contributed by atoms with E-state index in [1.807, 2.05) is 19.1 Å². The number of esters is 1. The lowest BCUT2D eigenvalue weighted by Crippen LogP contribution is -2.10. The topological polar surface area (TPSA) is 83.0 Å². The van der Waals surface area contributed by atoms with Crippen molar-refractivity contribution in [3.05, 3.63) is 35.7 Å². The van der Waals surface area contributed by atoms with Crippen LogP contribution in [0, 0.1) is 6.92 Å². The van der Waals surface area contributed by atoms with E-state index in [1.54, 1.807) is 13.1 Å². The number of carbonyl (C=O) groups is 1. The third-order valence-corrected chi connectivity index (χ3v) is 2.48. The molecule has 0 saturated heterocycles. The van der Waals surface area contributed by atoms with Gasteiger partial charge in [0.15, 0.2) is 5.82 Å². The Hall–Kier alpha value is -2.37. The van der Waals surface area contributed by atoms with Crippen LogP contribution in [0.4, 0.5) is 5.82 Å². The minimum absolute atomic E-state index is 0.232. The predicted octanol–water partition coefficient (Wildman–Crippen LogP) is 1.33. The SMILES string of the molecule is CCOC(=O)c1cnn(-c2ncccc2C)c1N. The lowest BCUT2D eigenvalue weighted by atomic mass is 10.3. The summed E-state index contributed by atoms with van der Waals surface area (Å²) >= 11 is 0. The molecule has 0 aromatic carbocycles. The number of ether oxygens (including phenoxy) is 1. The van der Waals surface area contributed by atoms with Gasteiger partial charge < -0.3 is 10.5 Å². The van der Waals surface area contributed by atoms with Crippen LogP contribution in [0.25, 0.3) is 5.82 Å². The summed E-state index contributed by atoms with van der Waals surface area (Å²) in [6, 6.07) is 3.72. The number of aryl methyl sites for hydroxylation is 1. The van der Waals surface area contributed by atoms with Crippen molar-refractivity contribution >= 4 is 11.8 Å². The fourth-order valence-corrected chi connectivity index (χ4v) is 1.59. The Morgan fingerprint density at radius 2 is 2.33 bits per heavy atom. The van der Waals surface area contributed by atoms with Gasteiger partial charge in [0.2, 0.25) is 0 Å². The van der Waals surface area contributed by atoms with Crippen LogP contribution >= 0.6 is 0 Å². The number of nitrogens with two attached hydrogens (primary N) is 1. The summed E-state index contributed by atoms with van der Waals surface area (Å²) in [6.45, 7) is 3.93. The first-order valence-electron chi connectivity index (χ1n) is 5.57. The van der Waals surface area contributed by atoms with Crippen molar-refractivity contribution < 1.29 is 9.53 Å². The molecule has 2 N–H and O–H groups in total. The smallest absolute Gasteiger partial charge is 0.343 e. The summed E-state index contributed by atoms with van der Waals surface area (Å²) in [5, 5.41) is 4.08. The second-order valence-corrected chi connectivity index (χ2v) is 3.72. The van der Waals surface area contributed by atoms with Gasteiger partial charge in [0.1, 0.15) is 11.4 Å². The van der Waals surface area contributed by atoms with Crippen molar-refractivity contribution in [1.29, 1.82) is 0 Å². The number of pyridine rings is 1. The van der Waals surface area contributed by atoms with E-state index in [1.165, 1.54) is 10.9 Å². The molecule has 0 aliphatic heterocycles. The standard InChI is InChI=1S/C12H14N4O2/c1-3-18-12(17)9-7-15-16(10(9)13)11-8(2)5-4-6-14-11/h4-7H,3,13H2,1-2H3. The normalized spacial score (nSPS) is 10.3. The zero-order valence-electron chi connectivity index (χ0n) is 10.3. The average Bonchev–Trinajstić information content (AvgIpc) is 2.72. The van der Waals surface area contributed by atoms with Crippen LogP contribution in [0.3, 0.4) is 0 Å². The Kier molecular flexibility index (Phi) is 3.27. The first-order chi connectivity index (χ1) is 8.65. The molecule has 0 atom stereocenters. The highest BCUT2D eigenvalue weighted by molar-refractivity contribution is 5.94. The van der Waals surface area contributed by atoms with Gasteiger partial charge in [-0.2, -0.15) is 9.78 Å². The summed E-state index contributed by atoms with van der Waals surface area (Å²) in [6.07, 6.45) is 3.04. The van der Waals surface area contributed by atoms with Crippen LogP contribution in [-0.4, -0.2) is 27.3 Å². The largest absolute Gasteiger partial charge is 0.462 e. The van der Waals surface area contributed by atoms with Crippen LogP contribution in [-0.2, 0) is 4.74 Å². The highest BCUT2D eigenvalue weighted by atomic mass is 16.5. The van der Waals surface area contributed by atoms with E-state index in [9.17, 15) is 4.79 Å². The molecule has 0 fully saturated rings. The number of nitrogen functional groups attached to an aromatic ring is 1. The minimum atomic E-state index is -0.477. The molecule has 0 radical (unpaired) electrons. The Labute approximate surface area is 104 Å². The summed E-state index contributed by atoms with van der Waals surface area (Å²) in [4.78, 5) is 15.8. The molecule has 0 saturated carbocycles. The Bertz CT molecular complexity index is 577. The first-order valence-corrected chi connectivity index (χ1v) is 5.57. The molecule has 2 rings (SSSR count). The van der Waals surface area contributed by atoms with Crippen LogP contribution in [0.5, 0.6) is 0 Å². The lowest BCUT2D eigenvalue weighted by Gasteiger charge is -2.06. The van der Waals surface area contributed by atoms with Gasteiger partial charge in [-0.1, -0.05) is 6.07 Å². The number of aromatic nitrogens is 3. The minimum Gasteiger partial charge on any atom is -0.462 e. The van der Waals surface area contributed by atoms with E-state index in [2.05, 4.69) is 10.1 Å². The third-order valence-electron chi connectivity index (χ3n) is 2.48. The van der Waals surface area contributed by atoms with E-state index in [0.29, 0.717) is 12.4 Å². The van der Waals surface area contributed by atoms with Gasteiger partial charge in [0, 0.05) is 6.20 Å². The summed E-state index contributed by atoms with van der Waals surface area (Å²) in [5.41, 5.74) is 7.07. The van der Waals surface area contributed by atoms with Gasteiger partial charge in [-0.05, 0) is 25.5 Å². The van der Waals surface area contributed by atoms with E-state index in [4.69, 9.17) is 10.5 Å². The van der Waals surface area contributed by atoms with Crippen LogP contribution < -0.4 is 5.73 Å². The molecular weight excluding hydrogens is 232 g/mol. The summed E-state index contributed by atoms with van der Waals surface area (Å²) in [7, 11) is 0. The number of hydrogen-bond donors (Lipinski definition) is 1. The molecular formula is C12H14N4O2. The molecule has 0 aliphatic carbocycles. The predicted molar refractivity (Wildman–Crippen MR) is 66.5 cm³/mol. The van der Waals surface area contributed by atoms with Crippen molar-refractivity contribution in [2.24, 2.45) is 0 Å². The van der Waals surface area contributed by atoms with Gasteiger partial charge >= 0.3 is 5.97 Å². The first kappa shape index (κ1) is 12.1. The molecule has 0 unspecified atom stereocenters. The fourth-order valence-electron chi connectivity index (χ4n) is 1.59. The van der Waals surface area contributed by atoms with Gasteiger partial charge in [-0.3, -0.25) is 0 Å². The molecule has 6 nitrogen and oxygen atoms in total. The molecule has 94 valence electrons. The van der Waals surface area contributed by atoms with Crippen molar-refractivity contribution in [1.82, 2.24) is 14.8 Å². The van der Waals surface area contributed by atoms with Crippen LogP contribution in [0.2, 0.25) is 0 Å². The Morgan fingerprint density at radius 1 is 1.56 bits per heavy atom. The second kappa shape index (κ2) is 4.87. The van der Waals surface area contributed by atoms with Crippen LogP contribution in [0.15, 0.2) is 24.5 Å². The highest BCUT2D eigenvalue weighted by Crippen LogP contribution is 2.18. The summed E-state index contributed by atoms with van der Waals surface area (Å²) < 4.78 is 6.33. The van der Waals surface area contributed by atoms with Crippen molar-refractivity contribution in [2.45, 2.75) is 13.8 Å². The zero-order chi connectivity index (χ0) is 13.1. The van der Waals surface area contributed by atoms with Crippen molar-refractivity contribution in [3.63, 3.8) is 0 Å². The molecule has 18 heavy (non-hydrogen) atoms. The van der Waals surface area contributed by atoms with Crippen LogP contribution in [0.1, 0.15) is 22.8 Å². The molecule has 2 heterocycles. The molecule has 0 bridgehead atoms. The molecule has 0 spiro atoms. The third kappa shape index (κ3) is 2.04. The van der Waals surface area contributed by atoms with E-state index in [-0.39, 0.29) is 11.4 Å². The fraction of sp³-hybridized carbons (Fsp3) is 0.250. The van der Waals surface area contributed by atoms with Crippen molar-refractivity contribution in [2.75, 3.05) is 12.3 Å². The molecule has 2 aromatic rings. The Balaban J connectivity index is 2.43. The van der Waals surface area contributed by atoms with E-state index >= 15 is 0 Å². The van der Waals surface area contributed by atoms with E-state index in [0.717, 1.165) is 5.56 Å². The monoisotopic (exact) mass is 246 g/mol. The zero-order valence-corrected chi connectivity index (χ0v) is 10.3. The Morgan fingerprint density at radius 3 is 3.00 bits per heavy atom. The van der Waals surface area contributed by atoms with Gasteiger partial charge in [0.05, 0.1) is 12.8 Å². The molecule has 0 amide bonds. The molecule has 6 heteroatoms. The molecule has 0 aliphatic rings. The summed E-state index contributed by atoms with van der Waals surface area (Å²) in [5.74, 6) is 0.357. The number of carbonyl (C=O) groups excluding carboxylic acids is 1. The quantitative estimate of drug-likeness (QED) is 0.826. The van der Waals surface area contributed by atoms with Gasteiger partial charge in [-0.25, -0.2) is 9.78 Å². The van der Waals surface area contributed by atoms with E-state index < -0.39 is 5.97 Å². The maximum absolute atomic E-state index is 11.6. The lowest BCUT2D eigenvalue weighted by molar-refractivity contribution is 0.0527. The van der Waals surface area contributed by atoms with Gasteiger partial charge in [0.25, 0.3) is 0 Å². The maximum atomic E-state index is 11.6. The number of nitrogens with zero attached hydrogens (tertiary/aromatic N) is 3. The average molecular weight is 246 g/mol. The highest BCUT2D eigenvalue weighted by Gasteiger charge is 2.18.